The molecule has 0 saturated heterocycles. The number of phenolic OH excluding ortho intramolecular Hbond substituents is 3. The zero-order valence-electron chi connectivity index (χ0n) is 11.9. The first-order chi connectivity index (χ1) is 11.7. The summed E-state index contributed by atoms with van der Waals surface area (Å²) in [4.78, 5) is 35.8. The first kappa shape index (κ1) is 14.6. The van der Waals surface area contributed by atoms with Gasteiger partial charge in [0.15, 0.2) is 22.7 Å². The molecule has 0 aliphatic rings. The Bertz CT molecular complexity index is 1340. The Kier molecular flexibility index (Phi) is 2.53. The third kappa shape index (κ3) is 1.59. The highest BCUT2D eigenvalue weighted by Gasteiger charge is 2.30. The van der Waals surface area contributed by atoms with Crippen molar-refractivity contribution in [2.75, 3.05) is 0 Å². The summed E-state index contributed by atoms with van der Waals surface area (Å²) in [6, 6.07) is 0.840. The number of carbonyl (C=O) groups is 1. The van der Waals surface area contributed by atoms with Crippen LogP contribution >= 0.6 is 0 Å². The van der Waals surface area contributed by atoms with Gasteiger partial charge in [0.25, 0.3) is 0 Å². The first-order valence-corrected chi connectivity index (χ1v) is 6.62. The van der Waals surface area contributed by atoms with Gasteiger partial charge in [0.2, 0.25) is 11.5 Å². The molecule has 25 heavy (non-hydrogen) atoms. The number of benzene rings is 2. The molecule has 0 aliphatic heterocycles. The van der Waals surface area contributed by atoms with E-state index < -0.39 is 62.3 Å². The predicted molar refractivity (Wildman–Crippen MR) is 80.8 cm³/mol. The van der Waals surface area contributed by atoms with Crippen LogP contribution in [0, 0.1) is 0 Å². The van der Waals surface area contributed by atoms with Crippen LogP contribution < -0.4 is 11.3 Å². The molecule has 0 amide bonds. The molecule has 5 N–H and O–H groups in total. The molecule has 0 unspecified atom stereocenters. The lowest BCUT2D eigenvalue weighted by Crippen LogP contribution is -2.11. The quantitative estimate of drug-likeness (QED) is 0.190. The molecule has 0 fully saturated rings. The van der Waals surface area contributed by atoms with Crippen molar-refractivity contribution < 1.29 is 39.2 Å². The van der Waals surface area contributed by atoms with E-state index in [0.717, 1.165) is 6.07 Å². The van der Waals surface area contributed by atoms with Crippen LogP contribution in [-0.4, -0.2) is 31.5 Å². The standard InChI is InChI=1S/C15H6O10/c16-3-1-2-4-5-6(15(23)25-11(4)8(3)17)7(13(20)21)9(18)10(19)12(5)24-14(2)22/h1,16-19H,(H,20,21). The summed E-state index contributed by atoms with van der Waals surface area (Å²) < 4.78 is 9.74. The van der Waals surface area contributed by atoms with Gasteiger partial charge >= 0.3 is 17.2 Å². The van der Waals surface area contributed by atoms with E-state index >= 15 is 0 Å². The summed E-state index contributed by atoms with van der Waals surface area (Å²) in [5, 5.41) is 47.2. The highest BCUT2D eigenvalue weighted by Crippen LogP contribution is 2.46. The number of phenols is 4. The topological polar surface area (TPSA) is 179 Å². The van der Waals surface area contributed by atoms with Gasteiger partial charge < -0.3 is 34.4 Å². The number of hydrogen-bond donors (Lipinski definition) is 5. The molecule has 2 heterocycles. The van der Waals surface area contributed by atoms with Crippen LogP contribution in [0.15, 0.2) is 24.5 Å². The second-order valence-electron chi connectivity index (χ2n) is 5.23. The van der Waals surface area contributed by atoms with Gasteiger partial charge in [0.05, 0.1) is 10.8 Å². The van der Waals surface area contributed by atoms with E-state index in [1.807, 2.05) is 0 Å². The van der Waals surface area contributed by atoms with E-state index in [1.54, 1.807) is 0 Å². The van der Waals surface area contributed by atoms with Crippen LogP contribution in [0.1, 0.15) is 10.4 Å². The lowest BCUT2D eigenvalue weighted by Gasteiger charge is -2.13. The molecule has 0 radical (unpaired) electrons. The van der Waals surface area contributed by atoms with Crippen LogP contribution in [-0.2, 0) is 0 Å². The van der Waals surface area contributed by atoms with E-state index in [2.05, 4.69) is 0 Å². The fraction of sp³-hybridized carbons (Fsp3) is 0. The molecular weight excluding hydrogens is 340 g/mol. The minimum Gasteiger partial charge on any atom is -0.504 e. The Hall–Kier alpha value is -3.95. The molecule has 4 rings (SSSR count). The maximum Gasteiger partial charge on any atom is 0.345 e. The number of aromatic carboxylic acids is 1. The summed E-state index contributed by atoms with van der Waals surface area (Å²) >= 11 is 0. The Labute approximate surface area is 134 Å². The zero-order chi connectivity index (χ0) is 18.2. The second kappa shape index (κ2) is 4.32. The fourth-order valence-corrected chi connectivity index (χ4v) is 2.89. The van der Waals surface area contributed by atoms with Gasteiger partial charge in [-0.2, -0.15) is 0 Å². The first-order valence-electron chi connectivity index (χ1n) is 6.62. The van der Waals surface area contributed by atoms with E-state index in [-0.39, 0.29) is 16.2 Å². The van der Waals surface area contributed by atoms with E-state index in [0.29, 0.717) is 0 Å². The van der Waals surface area contributed by atoms with Gasteiger partial charge in [-0.25, -0.2) is 14.4 Å². The van der Waals surface area contributed by atoms with Gasteiger partial charge in [-0.1, -0.05) is 0 Å². The average Bonchev–Trinajstić information content (AvgIpc) is 2.54. The van der Waals surface area contributed by atoms with Crippen molar-refractivity contribution in [2.24, 2.45) is 0 Å². The molecule has 0 bridgehead atoms. The third-order valence-electron chi connectivity index (χ3n) is 3.92. The summed E-state index contributed by atoms with van der Waals surface area (Å²) in [6.07, 6.45) is 0. The molecule has 0 aliphatic carbocycles. The Morgan fingerprint density at radius 2 is 1.40 bits per heavy atom. The molecule has 126 valence electrons. The van der Waals surface area contributed by atoms with Crippen LogP contribution in [0.25, 0.3) is 32.7 Å². The minimum absolute atomic E-state index is 0.242. The minimum atomic E-state index is -1.74. The average molecular weight is 346 g/mol. The molecule has 2 aromatic heterocycles. The lowest BCUT2D eigenvalue weighted by atomic mass is 9.98. The van der Waals surface area contributed by atoms with Crippen molar-refractivity contribution in [1.29, 1.82) is 0 Å². The molecule has 0 atom stereocenters. The van der Waals surface area contributed by atoms with Crippen molar-refractivity contribution in [3.05, 3.63) is 32.5 Å². The molecule has 0 saturated carbocycles. The number of carboxylic acids is 1. The SMILES string of the molecule is O=C(O)c1c(O)c(O)c2oc(=O)c3cc(O)c(O)c4oc(=O)c1c2c43. The highest BCUT2D eigenvalue weighted by atomic mass is 16.4. The summed E-state index contributed by atoms with van der Waals surface area (Å²) in [7, 11) is 0. The predicted octanol–water partition coefficient (Wildman–Crippen LogP) is 1.01. The largest absolute Gasteiger partial charge is 0.504 e. The van der Waals surface area contributed by atoms with E-state index in [4.69, 9.17) is 8.83 Å². The number of carboxylic acid groups (broad SMARTS) is 1. The van der Waals surface area contributed by atoms with Gasteiger partial charge in [-0.15, -0.1) is 0 Å². The summed E-state index contributed by atoms with van der Waals surface area (Å²) in [5.41, 5.74) is -4.57. The van der Waals surface area contributed by atoms with E-state index in [1.165, 1.54) is 0 Å². The zero-order valence-corrected chi connectivity index (χ0v) is 11.9. The van der Waals surface area contributed by atoms with Crippen LogP contribution in [0.2, 0.25) is 0 Å². The second-order valence-corrected chi connectivity index (χ2v) is 5.23. The Morgan fingerprint density at radius 1 is 0.800 bits per heavy atom. The number of hydrogen-bond acceptors (Lipinski definition) is 9. The van der Waals surface area contributed by atoms with Crippen LogP contribution in [0.4, 0.5) is 0 Å². The molecular formula is C15H6O10. The van der Waals surface area contributed by atoms with Crippen LogP contribution in [0.5, 0.6) is 23.0 Å². The monoisotopic (exact) mass is 346 g/mol. The van der Waals surface area contributed by atoms with Crippen molar-refractivity contribution in [3.8, 4) is 23.0 Å². The summed E-state index contributed by atoms with van der Waals surface area (Å²) in [6.45, 7) is 0. The molecule has 10 nitrogen and oxygen atoms in total. The maximum absolute atomic E-state index is 12.3. The fourth-order valence-electron chi connectivity index (χ4n) is 2.89. The molecule has 10 heteroatoms. The maximum atomic E-state index is 12.3. The molecule has 0 spiro atoms. The van der Waals surface area contributed by atoms with Crippen molar-refractivity contribution in [1.82, 2.24) is 0 Å². The van der Waals surface area contributed by atoms with Crippen molar-refractivity contribution >= 4 is 38.7 Å². The third-order valence-corrected chi connectivity index (χ3v) is 3.92. The number of rotatable bonds is 1. The molecule has 2 aromatic carbocycles. The number of aromatic hydroxyl groups is 4. The van der Waals surface area contributed by atoms with Crippen molar-refractivity contribution in [3.63, 3.8) is 0 Å². The van der Waals surface area contributed by atoms with Gasteiger partial charge in [0.1, 0.15) is 5.56 Å². The van der Waals surface area contributed by atoms with Gasteiger partial charge in [0, 0.05) is 10.8 Å². The Morgan fingerprint density at radius 3 is 2.04 bits per heavy atom. The lowest BCUT2D eigenvalue weighted by molar-refractivity contribution is 0.0695. The summed E-state index contributed by atoms with van der Waals surface area (Å²) in [5.74, 6) is -5.62. The van der Waals surface area contributed by atoms with Crippen LogP contribution in [0.3, 0.4) is 0 Å². The normalized spacial score (nSPS) is 11.7. The Balaban J connectivity index is 2.56. The van der Waals surface area contributed by atoms with Gasteiger partial charge in [-0.3, -0.25) is 0 Å². The smallest absolute Gasteiger partial charge is 0.345 e. The van der Waals surface area contributed by atoms with Crippen molar-refractivity contribution in [2.45, 2.75) is 0 Å². The van der Waals surface area contributed by atoms with E-state index in [9.17, 15) is 39.9 Å². The van der Waals surface area contributed by atoms with Gasteiger partial charge in [-0.05, 0) is 6.07 Å². The highest BCUT2D eigenvalue weighted by molar-refractivity contribution is 6.25. The molecule has 4 aromatic rings.